The van der Waals surface area contributed by atoms with Crippen LogP contribution in [0.15, 0.2) is 0 Å². The Hall–Kier alpha value is -0.120. The van der Waals surface area contributed by atoms with Crippen molar-refractivity contribution in [3.63, 3.8) is 0 Å². The predicted molar refractivity (Wildman–Crippen MR) is 66.5 cm³/mol. The van der Waals surface area contributed by atoms with Crippen molar-refractivity contribution in [3.05, 3.63) is 0 Å². The Balaban J connectivity index is 1.93. The summed E-state index contributed by atoms with van der Waals surface area (Å²) >= 11 is 0. The smallest absolute Gasteiger partial charge is 0.0735 e. The van der Waals surface area contributed by atoms with E-state index in [9.17, 15) is 5.11 Å². The molecule has 94 valence electrons. The molecule has 0 aromatic heterocycles. The quantitative estimate of drug-likeness (QED) is 0.766. The van der Waals surface area contributed by atoms with E-state index in [1.807, 2.05) is 0 Å². The van der Waals surface area contributed by atoms with Crippen LogP contribution in [0.25, 0.3) is 0 Å². The highest BCUT2D eigenvalue weighted by Crippen LogP contribution is 2.29. The molecule has 1 saturated heterocycles. The molecule has 0 radical (unpaired) electrons. The molecule has 2 fully saturated rings. The maximum atomic E-state index is 10.5. The third-order valence-electron chi connectivity index (χ3n) is 4.43. The van der Waals surface area contributed by atoms with Gasteiger partial charge in [-0.05, 0) is 32.9 Å². The van der Waals surface area contributed by atoms with E-state index < -0.39 is 0 Å². The summed E-state index contributed by atoms with van der Waals surface area (Å²) < 4.78 is 0. The normalized spacial score (nSPS) is 32.8. The van der Waals surface area contributed by atoms with Gasteiger partial charge in [0.1, 0.15) is 0 Å². The van der Waals surface area contributed by atoms with Crippen molar-refractivity contribution in [2.45, 2.75) is 44.2 Å². The fourth-order valence-electron chi connectivity index (χ4n) is 3.20. The van der Waals surface area contributed by atoms with Crippen LogP contribution in [-0.4, -0.2) is 60.8 Å². The van der Waals surface area contributed by atoms with Gasteiger partial charge in [0.2, 0.25) is 0 Å². The van der Waals surface area contributed by atoms with Crippen molar-refractivity contribution in [2.75, 3.05) is 33.7 Å². The summed E-state index contributed by atoms with van der Waals surface area (Å²) in [5.74, 6) is 0.549. The second kappa shape index (κ2) is 5.48. The number of hydrogen-bond acceptors (Lipinski definition) is 3. The van der Waals surface area contributed by atoms with Crippen LogP contribution >= 0.6 is 0 Å². The van der Waals surface area contributed by atoms with Crippen LogP contribution in [0.2, 0.25) is 0 Å². The first-order valence-corrected chi connectivity index (χ1v) is 6.75. The minimum Gasteiger partial charge on any atom is -0.391 e. The van der Waals surface area contributed by atoms with E-state index in [1.54, 1.807) is 0 Å². The van der Waals surface area contributed by atoms with Gasteiger partial charge in [0.25, 0.3) is 0 Å². The zero-order valence-electron chi connectivity index (χ0n) is 10.7. The Morgan fingerprint density at radius 1 is 1.06 bits per heavy atom. The molecule has 3 nitrogen and oxygen atoms in total. The zero-order chi connectivity index (χ0) is 11.5. The van der Waals surface area contributed by atoms with Crippen molar-refractivity contribution >= 4 is 0 Å². The largest absolute Gasteiger partial charge is 0.391 e. The van der Waals surface area contributed by atoms with Gasteiger partial charge in [-0.25, -0.2) is 0 Å². The lowest BCUT2D eigenvalue weighted by atomic mass is 9.82. The highest BCUT2D eigenvalue weighted by molar-refractivity contribution is 4.88. The summed E-state index contributed by atoms with van der Waals surface area (Å²) in [5, 5.41) is 10.5. The summed E-state index contributed by atoms with van der Waals surface area (Å²) in [6.07, 6.45) is 6.34. The number of likely N-dealkylation sites (N-methyl/N-ethyl adjacent to an activating group) is 2. The lowest BCUT2D eigenvalue weighted by Gasteiger charge is -2.43. The summed E-state index contributed by atoms with van der Waals surface area (Å²) in [6, 6.07) is 0.349. The topological polar surface area (TPSA) is 26.7 Å². The first-order valence-electron chi connectivity index (χ1n) is 6.75. The van der Waals surface area contributed by atoms with Gasteiger partial charge in [-0.3, -0.25) is 4.90 Å². The average molecular weight is 226 g/mol. The second-order valence-electron chi connectivity index (χ2n) is 5.70. The van der Waals surface area contributed by atoms with Gasteiger partial charge >= 0.3 is 0 Å². The first kappa shape index (κ1) is 12.3. The molecule has 16 heavy (non-hydrogen) atoms. The van der Waals surface area contributed by atoms with Crippen LogP contribution in [0.5, 0.6) is 0 Å². The summed E-state index contributed by atoms with van der Waals surface area (Å²) in [7, 11) is 4.32. The fourth-order valence-corrected chi connectivity index (χ4v) is 3.20. The SMILES string of the molecule is CN1CCN(C)C(C(O)C2CCCCC2)C1. The third-order valence-corrected chi connectivity index (χ3v) is 4.43. The van der Waals surface area contributed by atoms with Gasteiger partial charge in [-0.15, -0.1) is 0 Å². The molecule has 1 aliphatic carbocycles. The monoisotopic (exact) mass is 226 g/mol. The van der Waals surface area contributed by atoms with E-state index in [1.165, 1.54) is 32.1 Å². The summed E-state index contributed by atoms with van der Waals surface area (Å²) in [6.45, 7) is 3.24. The lowest BCUT2D eigenvalue weighted by Crippen LogP contribution is -2.56. The molecule has 2 unspecified atom stereocenters. The van der Waals surface area contributed by atoms with Gasteiger partial charge in [0.15, 0.2) is 0 Å². The van der Waals surface area contributed by atoms with E-state index in [2.05, 4.69) is 23.9 Å². The number of rotatable bonds is 2. The highest BCUT2D eigenvalue weighted by Gasteiger charge is 2.33. The highest BCUT2D eigenvalue weighted by atomic mass is 16.3. The van der Waals surface area contributed by atoms with Crippen LogP contribution in [0.4, 0.5) is 0 Å². The van der Waals surface area contributed by atoms with Gasteiger partial charge in [0, 0.05) is 25.7 Å². The number of hydrogen-bond donors (Lipinski definition) is 1. The molecule has 1 aliphatic heterocycles. The molecule has 2 aliphatic rings. The molecule has 0 aromatic carbocycles. The Kier molecular flexibility index (Phi) is 4.22. The van der Waals surface area contributed by atoms with Crippen molar-refractivity contribution in [2.24, 2.45) is 5.92 Å². The number of piperazine rings is 1. The molecular weight excluding hydrogens is 200 g/mol. The maximum Gasteiger partial charge on any atom is 0.0735 e. The number of aliphatic hydroxyl groups is 1. The Morgan fingerprint density at radius 3 is 2.44 bits per heavy atom. The van der Waals surface area contributed by atoms with Crippen molar-refractivity contribution in [1.82, 2.24) is 9.80 Å². The van der Waals surface area contributed by atoms with Crippen LogP contribution < -0.4 is 0 Å². The average Bonchev–Trinajstić information content (AvgIpc) is 2.32. The van der Waals surface area contributed by atoms with Crippen molar-refractivity contribution in [3.8, 4) is 0 Å². The Labute approximate surface area is 99.4 Å². The zero-order valence-corrected chi connectivity index (χ0v) is 10.7. The molecule has 0 spiro atoms. The molecule has 0 bridgehead atoms. The second-order valence-corrected chi connectivity index (χ2v) is 5.70. The minimum absolute atomic E-state index is 0.118. The summed E-state index contributed by atoms with van der Waals surface area (Å²) in [4.78, 5) is 4.69. The van der Waals surface area contributed by atoms with E-state index in [-0.39, 0.29) is 6.10 Å². The van der Waals surface area contributed by atoms with E-state index in [4.69, 9.17) is 0 Å². The molecule has 1 N–H and O–H groups in total. The standard InChI is InChI=1S/C13H26N2O/c1-14-8-9-15(2)12(10-14)13(16)11-6-4-3-5-7-11/h11-13,16H,3-10H2,1-2H3. The van der Waals surface area contributed by atoms with Gasteiger partial charge in [-0.2, -0.15) is 0 Å². The van der Waals surface area contributed by atoms with Crippen molar-refractivity contribution in [1.29, 1.82) is 0 Å². The molecule has 2 rings (SSSR count). The lowest BCUT2D eigenvalue weighted by molar-refractivity contribution is -0.0244. The summed E-state index contributed by atoms with van der Waals surface area (Å²) in [5.41, 5.74) is 0. The molecule has 3 heteroatoms. The first-order chi connectivity index (χ1) is 7.68. The predicted octanol–water partition coefficient (Wildman–Crippen LogP) is 1.17. The Morgan fingerprint density at radius 2 is 1.75 bits per heavy atom. The number of nitrogens with zero attached hydrogens (tertiary/aromatic N) is 2. The van der Waals surface area contributed by atoms with Crippen molar-refractivity contribution < 1.29 is 5.11 Å². The maximum absolute atomic E-state index is 10.5. The fraction of sp³-hybridized carbons (Fsp3) is 1.00. The van der Waals surface area contributed by atoms with Gasteiger partial charge in [-0.1, -0.05) is 19.3 Å². The van der Waals surface area contributed by atoms with Crippen LogP contribution in [0.1, 0.15) is 32.1 Å². The molecule has 0 amide bonds. The van der Waals surface area contributed by atoms with E-state index in [0.29, 0.717) is 12.0 Å². The molecule has 1 saturated carbocycles. The molecule has 1 heterocycles. The van der Waals surface area contributed by atoms with Crippen LogP contribution in [-0.2, 0) is 0 Å². The third kappa shape index (κ3) is 2.76. The van der Waals surface area contributed by atoms with Gasteiger partial charge < -0.3 is 10.0 Å². The van der Waals surface area contributed by atoms with Gasteiger partial charge in [0.05, 0.1) is 6.10 Å². The Bertz CT molecular complexity index is 216. The van der Waals surface area contributed by atoms with E-state index in [0.717, 1.165) is 19.6 Å². The minimum atomic E-state index is -0.118. The van der Waals surface area contributed by atoms with Crippen LogP contribution in [0, 0.1) is 5.92 Å². The number of aliphatic hydroxyl groups excluding tert-OH is 1. The van der Waals surface area contributed by atoms with E-state index >= 15 is 0 Å². The van der Waals surface area contributed by atoms with Crippen LogP contribution in [0.3, 0.4) is 0 Å². The molecule has 0 aromatic rings. The molecule has 2 atom stereocenters. The molecular formula is C13H26N2O.